The fourth-order valence-corrected chi connectivity index (χ4v) is 6.21. The second-order valence-corrected chi connectivity index (χ2v) is 9.19. The molecule has 3 aliphatic rings. The molecule has 0 saturated heterocycles. The van der Waals surface area contributed by atoms with Gasteiger partial charge in [-0.25, -0.2) is 0 Å². The van der Waals surface area contributed by atoms with Crippen LogP contribution in [-0.2, 0) is 9.53 Å². The Kier molecular flexibility index (Phi) is 4.18. The van der Waals surface area contributed by atoms with Gasteiger partial charge in [0.25, 0.3) is 0 Å². The first-order chi connectivity index (χ1) is 10.8. The van der Waals surface area contributed by atoms with Gasteiger partial charge in [-0.05, 0) is 68.6 Å². The predicted octanol–water partition coefficient (Wildman–Crippen LogP) is 5.66. The van der Waals surface area contributed by atoms with E-state index in [-0.39, 0.29) is 16.8 Å². The van der Waals surface area contributed by atoms with Crippen LogP contribution in [0.4, 0.5) is 0 Å². The average Bonchev–Trinajstić information content (AvgIpc) is 2.53. The Morgan fingerprint density at radius 2 is 1.91 bits per heavy atom. The molecule has 0 aromatic rings. The van der Waals surface area contributed by atoms with Crippen molar-refractivity contribution in [2.75, 3.05) is 7.11 Å². The quantitative estimate of drug-likeness (QED) is 0.485. The fourth-order valence-electron chi connectivity index (χ4n) is 6.21. The van der Waals surface area contributed by atoms with Crippen molar-refractivity contribution in [1.29, 1.82) is 0 Å². The van der Waals surface area contributed by atoms with Crippen LogP contribution in [0.2, 0.25) is 0 Å². The van der Waals surface area contributed by atoms with Gasteiger partial charge in [0, 0.05) is 0 Å². The molecule has 23 heavy (non-hydrogen) atoms. The van der Waals surface area contributed by atoms with Crippen molar-refractivity contribution >= 4 is 5.97 Å². The molecule has 3 rings (SSSR count). The molecule has 3 aliphatic carbocycles. The SMILES string of the molecule is CC[C@]1(C)CCC2=C(CC[C@H]3[C@](C)(C(=O)OC)CCC[C@]23C)C1. The van der Waals surface area contributed by atoms with E-state index in [2.05, 4.69) is 27.7 Å². The highest BCUT2D eigenvalue weighted by molar-refractivity contribution is 5.77. The van der Waals surface area contributed by atoms with E-state index in [9.17, 15) is 4.79 Å². The summed E-state index contributed by atoms with van der Waals surface area (Å²) in [6.45, 7) is 9.44. The van der Waals surface area contributed by atoms with E-state index in [1.54, 1.807) is 18.3 Å². The minimum absolute atomic E-state index is 0.0201. The maximum Gasteiger partial charge on any atom is 0.311 e. The molecule has 0 bridgehead atoms. The number of hydrogen-bond acceptors (Lipinski definition) is 2. The van der Waals surface area contributed by atoms with Crippen molar-refractivity contribution in [3.8, 4) is 0 Å². The smallest absolute Gasteiger partial charge is 0.311 e. The van der Waals surface area contributed by atoms with Crippen LogP contribution in [0, 0.1) is 22.2 Å². The van der Waals surface area contributed by atoms with Gasteiger partial charge in [0.1, 0.15) is 0 Å². The standard InChI is InChI=1S/C21H34O2/c1-6-19(2)13-10-16-15(14-19)8-9-17-20(16,3)11-7-12-21(17,4)18(22)23-5/h17H,6-14H2,1-5H3/t17-,19-,20-,21-/m1/s1. The molecule has 0 aromatic heterocycles. The first-order valence-electron chi connectivity index (χ1n) is 9.59. The number of carbonyl (C=O) groups is 1. The molecule has 0 aromatic carbocycles. The number of allylic oxidation sites excluding steroid dienone is 2. The number of methoxy groups -OCH3 is 1. The summed E-state index contributed by atoms with van der Waals surface area (Å²) in [5.74, 6) is 0.479. The third-order valence-corrected chi connectivity index (χ3v) is 7.91. The lowest BCUT2D eigenvalue weighted by Crippen LogP contribution is -2.51. The second kappa shape index (κ2) is 5.63. The summed E-state index contributed by atoms with van der Waals surface area (Å²) in [5.41, 5.74) is 3.92. The van der Waals surface area contributed by atoms with E-state index in [4.69, 9.17) is 4.74 Å². The largest absolute Gasteiger partial charge is 0.469 e. The molecule has 0 aliphatic heterocycles. The van der Waals surface area contributed by atoms with Crippen LogP contribution < -0.4 is 0 Å². The monoisotopic (exact) mass is 318 g/mol. The molecule has 0 unspecified atom stereocenters. The number of ether oxygens (including phenoxy) is 1. The zero-order valence-electron chi connectivity index (χ0n) is 15.8. The summed E-state index contributed by atoms with van der Waals surface area (Å²) in [6, 6.07) is 0. The minimum atomic E-state index is -0.286. The molecule has 0 radical (unpaired) electrons. The van der Waals surface area contributed by atoms with Crippen LogP contribution in [-0.4, -0.2) is 13.1 Å². The number of hydrogen-bond donors (Lipinski definition) is 0. The summed E-state index contributed by atoms with van der Waals surface area (Å²) in [7, 11) is 1.56. The van der Waals surface area contributed by atoms with Crippen LogP contribution in [0.25, 0.3) is 0 Å². The number of fused-ring (bicyclic) bond motifs is 2. The first kappa shape index (κ1) is 17.0. The summed E-state index contributed by atoms with van der Waals surface area (Å²) in [5, 5.41) is 0. The van der Waals surface area contributed by atoms with Crippen LogP contribution in [0.3, 0.4) is 0 Å². The number of carbonyl (C=O) groups excluding carboxylic acids is 1. The molecular formula is C21H34O2. The van der Waals surface area contributed by atoms with Gasteiger partial charge in [-0.15, -0.1) is 0 Å². The summed E-state index contributed by atoms with van der Waals surface area (Å²) in [4.78, 5) is 12.6. The minimum Gasteiger partial charge on any atom is -0.469 e. The van der Waals surface area contributed by atoms with Crippen molar-refractivity contribution in [3.05, 3.63) is 11.1 Å². The van der Waals surface area contributed by atoms with E-state index in [0.717, 1.165) is 12.8 Å². The molecule has 0 N–H and O–H groups in total. The Labute approximate surface area is 142 Å². The summed E-state index contributed by atoms with van der Waals surface area (Å²) < 4.78 is 5.22. The van der Waals surface area contributed by atoms with Crippen molar-refractivity contribution in [2.24, 2.45) is 22.2 Å². The predicted molar refractivity (Wildman–Crippen MR) is 94.1 cm³/mol. The van der Waals surface area contributed by atoms with Gasteiger partial charge in [-0.2, -0.15) is 0 Å². The molecule has 0 heterocycles. The zero-order valence-corrected chi connectivity index (χ0v) is 15.8. The highest BCUT2D eigenvalue weighted by atomic mass is 16.5. The van der Waals surface area contributed by atoms with E-state index >= 15 is 0 Å². The number of esters is 1. The summed E-state index contributed by atoms with van der Waals surface area (Å²) in [6.07, 6.45) is 10.9. The molecule has 4 atom stereocenters. The highest BCUT2D eigenvalue weighted by Gasteiger charge is 2.56. The van der Waals surface area contributed by atoms with Gasteiger partial charge < -0.3 is 4.74 Å². The Bertz CT molecular complexity index is 534. The van der Waals surface area contributed by atoms with Gasteiger partial charge in [-0.3, -0.25) is 4.79 Å². The molecule has 1 fully saturated rings. The first-order valence-corrected chi connectivity index (χ1v) is 9.59. The zero-order chi connectivity index (χ0) is 16.9. The summed E-state index contributed by atoms with van der Waals surface area (Å²) >= 11 is 0. The molecule has 0 spiro atoms. The van der Waals surface area contributed by atoms with E-state index in [1.807, 2.05) is 0 Å². The normalized spacial score (nSPS) is 43.6. The maximum absolute atomic E-state index is 12.6. The van der Waals surface area contributed by atoms with Crippen molar-refractivity contribution in [2.45, 2.75) is 85.5 Å². The van der Waals surface area contributed by atoms with E-state index < -0.39 is 0 Å². The Hall–Kier alpha value is -0.790. The lowest BCUT2D eigenvalue weighted by Gasteiger charge is -2.57. The van der Waals surface area contributed by atoms with E-state index in [0.29, 0.717) is 11.3 Å². The van der Waals surface area contributed by atoms with Crippen LogP contribution in [0.5, 0.6) is 0 Å². The second-order valence-electron chi connectivity index (χ2n) is 9.19. The van der Waals surface area contributed by atoms with Gasteiger partial charge in [0.15, 0.2) is 0 Å². The Morgan fingerprint density at radius 1 is 1.17 bits per heavy atom. The van der Waals surface area contributed by atoms with Gasteiger partial charge in [0.2, 0.25) is 0 Å². The van der Waals surface area contributed by atoms with Crippen LogP contribution >= 0.6 is 0 Å². The third kappa shape index (κ3) is 2.48. The van der Waals surface area contributed by atoms with Crippen molar-refractivity contribution in [3.63, 3.8) is 0 Å². The molecule has 0 amide bonds. The van der Waals surface area contributed by atoms with E-state index in [1.165, 1.54) is 44.9 Å². The molecule has 2 heteroatoms. The topological polar surface area (TPSA) is 26.3 Å². The van der Waals surface area contributed by atoms with Crippen LogP contribution in [0.1, 0.15) is 85.5 Å². The van der Waals surface area contributed by atoms with Gasteiger partial charge in [0.05, 0.1) is 12.5 Å². The van der Waals surface area contributed by atoms with Crippen molar-refractivity contribution in [1.82, 2.24) is 0 Å². The highest BCUT2D eigenvalue weighted by Crippen LogP contribution is 2.63. The average molecular weight is 319 g/mol. The third-order valence-electron chi connectivity index (χ3n) is 7.91. The fraction of sp³-hybridized carbons (Fsp3) is 0.857. The maximum atomic E-state index is 12.6. The number of rotatable bonds is 2. The molecular weight excluding hydrogens is 284 g/mol. The van der Waals surface area contributed by atoms with Gasteiger partial charge >= 0.3 is 5.97 Å². The Balaban J connectivity index is 1.98. The lowest BCUT2D eigenvalue weighted by atomic mass is 9.47. The Morgan fingerprint density at radius 3 is 2.57 bits per heavy atom. The van der Waals surface area contributed by atoms with Gasteiger partial charge in [-0.1, -0.05) is 44.8 Å². The molecule has 130 valence electrons. The van der Waals surface area contributed by atoms with Crippen molar-refractivity contribution < 1.29 is 9.53 Å². The molecule has 2 nitrogen and oxygen atoms in total. The van der Waals surface area contributed by atoms with Crippen LogP contribution in [0.15, 0.2) is 11.1 Å². The lowest BCUT2D eigenvalue weighted by molar-refractivity contribution is -0.163. The molecule has 1 saturated carbocycles.